The number of aliphatic hydroxyl groups is 1. The fourth-order valence-electron chi connectivity index (χ4n) is 1.98. The summed E-state index contributed by atoms with van der Waals surface area (Å²) >= 11 is 0. The quantitative estimate of drug-likeness (QED) is 0.738. The van der Waals surface area contributed by atoms with E-state index >= 15 is 0 Å². The Balaban J connectivity index is 2.88. The molecule has 0 aliphatic heterocycles. The van der Waals surface area contributed by atoms with Crippen molar-refractivity contribution in [2.24, 2.45) is 0 Å². The van der Waals surface area contributed by atoms with Crippen molar-refractivity contribution < 1.29 is 14.6 Å². The van der Waals surface area contributed by atoms with Gasteiger partial charge >= 0.3 is 5.97 Å². The third-order valence-electron chi connectivity index (χ3n) is 3.20. The van der Waals surface area contributed by atoms with E-state index in [9.17, 15) is 9.90 Å². The second-order valence-electron chi connectivity index (χ2n) is 4.71. The molecule has 2 N–H and O–H groups in total. The van der Waals surface area contributed by atoms with Gasteiger partial charge in [0, 0.05) is 0 Å². The van der Waals surface area contributed by atoms with E-state index in [1.54, 1.807) is 6.92 Å². The first-order valence-corrected chi connectivity index (χ1v) is 6.68. The Labute approximate surface area is 114 Å². The van der Waals surface area contributed by atoms with Gasteiger partial charge in [0.1, 0.15) is 6.04 Å². The number of rotatable bonds is 7. The third kappa shape index (κ3) is 4.04. The van der Waals surface area contributed by atoms with Crippen LogP contribution < -0.4 is 5.32 Å². The van der Waals surface area contributed by atoms with Crippen molar-refractivity contribution in [3.63, 3.8) is 0 Å². The SMILES string of the molecule is CCOC(=O)C(CC)NC(C)(CO)c1ccccc1. The maximum Gasteiger partial charge on any atom is 0.323 e. The molecular weight excluding hydrogens is 242 g/mol. The fourth-order valence-corrected chi connectivity index (χ4v) is 1.98. The van der Waals surface area contributed by atoms with Crippen molar-refractivity contribution in [1.29, 1.82) is 0 Å². The molecule has 0 saturated heterocycles. The van der Waals surface area contributed by atoms with Crippen LogP contribution in [-0.2, 0) is 15.1 Å². The highest BCUT2D eigenvalue weighted by atomic mass is 16.5. The molecule has 4 heteroatoms. The zero-order chi connectivity index (χ0) is 14.3. The van der Waals surface area contributed by atoms with E-state index in [4.69, 9.17) is 4.74 Å². The van der Waals surface area contributed by atoms with E-state index in [1.165, 1.54) is 0 Å². The molecule has 0 saturated carbocycles. The summed E-state index contributed by atoms with van der Waals surface area (Å²) in [6.07, 6.45) is 0.612. The van der Waals surface area contributed by atoms with Gasteiger partial charge < -0.3 is 9.84 Å². The first kappa shape index (κ1) is 15.7. The molecule has 2 unspecified atom stereocenters. The molecule has 19 heavy (non-hydrogen) atoms. The third-order valence-corrected chi connectivity index (χ3v) is 3.20. The molecule has 0 spiro atoms. The van der Waals surface area contributed by atoms with Gasteiger partial charge in [0.05, 0.1) is 18.8 Å². The highest BCUT2D eigenvalue weighted by molar-refractivity contribution is 5.75. The van der Waals surface area contributed by atoms with Crippen LogP contribution in [0.5, 0.6) is 0 Å². The molecule has 0 fully saturated rings. The standard InChI is InChI=1S/C15H23NO3/c1-4-13(14(18)19-5-2)16-15(3,11-17)12-9-7-6-8-10-12/h6-10,13,16-17H,4-5,11H2,1-3H3. The van der Waals surface area contributed by atoms with Crippen LogP contribution in [0.4, 0.5) is 0 Å². The lowest BCUT2D eigenvalue weighted by atomic mass is 9.91. The van der Waals surface area contributed by atoms with E-state index in [2.05, 4.69) is 5.32 Å². The average Bonchev–Trinajstić information content (AvgIpc) is 2.45. The van der Waals surface area contributed by atoms with E-state index in [-0.39, 0.29) is 12.6 Å². The predicted molar refractivity (Wildman–Crippen MR) is 74.7 cm³/mol. The van der Waals surface area contributed by atoms with Gasteiger partial charge in [-0.1, -0.05) is 37.3 Å². The molecule has 2 atom stereocenters. The minimum Gasteiger partial charge on any atom is -0.465 e. The highest BCUT2D eigenvalue weighted by Crippen LogP contribution is 2.21. The van der Waals surface area contributed by atoms with Crippen molar-refractivity contribution in [2.75, 3.05) is 13.2 Å². The summed E-state index contributed by atoms with van der Waals surface area (Å²) in [4.78, 5) is 11.8. The summed E-state index contributed by atoms with van der Waals surface area (Å²) in [6.45, 7) is 5.85. The number of esters is 1. The van der Waals surface area contributed by atoms with Crippen molar-refractivity contribution in [1.82, 2.24) is 5.32 Å². The van der Waals surface area contributed by atoms with Crippen LogP contribution in [0.25, 0.3) is 0 Å². The second kappa shape index (κ2) is 7.26. The number of carbonyl (C=O) groups excluding carboxylic acids is 1. The zero-order valence-electron chi connectivity index (χ0n) is 11.8. The Morgan fingerprint density at radius 1 is 1.37 bits per heavy atom. The molecular formula is C15H23NO3. The average molecular weight is 265 g/mol. The van der Waals surface area contributed by atoms with Gasteiger partial charge in [-0.3, -0.25) is 10.1 Å². The predicted octanol–water partition coefficient (Wildman–Crippen LogP) is 1.83. The summed E-state index contributed by atoms with van der Waals surface area (Å²) < 4.78 is 5.04. The van der Waals surface area contributed by atoms with Gasteiger partial charge in [0.2, 0.25) is 0 Å². The molecule has 0 heterocycles. The van der Waals surface area contributed by atoms with Gasteiger partial charge in [0.15, 0.2) is 0 Å². The Kier molecular flexibility index (Phi) is 5.99. The summed E-state index contributed by atoms with van der Waals surface area (Å²) in [5, 5.41) is 12.9. The molecule has 0 aromatic heterocycles. The number of carbonyl (C=O) groups is 1. The van der Waals surface area contributed by atoms with Crippen molar-refractivity contribution in [2.45, 2.75) is 38.8 Å². The van der Waals surface area contributed by atoms with Gasteiger partial charge in [-0.15, -0.1) is 0 Å². The van der Waals surface area contributed by atoms with Crippen LogP contribution in [0.3, 0.4) is 0 Å². The second-order valence-corrected chi connectivity index (χ2v) is 4.71. The molecule has 1 aromatic rings. The maximum atomic E-state index is 11.8. The smallest absolute Gasteiger partial charge is 0.323 e. The van der Waals surface area contributed by atoms with Crippen LogP contribution in [0.1, 0.15) is 32.8 Å². The van der Waals surface area contributed by atoms with Gasteiger partial charge in [-0.05, 0) is 25.8 Å². The van der Waals surface area contributed by atoms with Crippen molar-refractivity contribution in [3.8, 4) is 0 Å². The lowest BCUT2D eigenvalue weighted by Gasteiger charge is -2.33. The molecule has 0 radical (unpaired) electrons. The minimum atomic E-state index is -0.658. The summed E-state index contributed by atoms with van der Waals surface area (Å²) in [6, 6.07) is 9.19. The molecule has 4 nitrogen and oxygen atoms in total. The Morgan fingerprint density at radius 2 is 2.00 bits per heavy atom. The van der Waals surface area contributed by atoms with E-state index in [0.29, 0.717) is 13.0 Å². The Bertz CT molecular complexity index is 394. The molecule has 0 bridgehead atoms. The summed E-state index contributed by atoms with van der Waals surface area (Å²) in [7, 11) is 0. The lowest BCUT2D eigenvalue weighted by Crippen LogP contribution is -2.51. The largest absolute Gasteiger partial charge is 0.465 e. The molecule has 0 aliphatic carbocycles. The van der Waals surface area contributed by atoms with Gasteiger partial charge in [0.25, 0.3) is 0 Å². The first-order valence-electron chi connectivity index (χ1n) is 6.68. The van der Waals surface area contributed by atoms with Crippen molar-refractivity contribution >= 4 is 5.97 Å². The van der Waals surface area contributed by atoms with E-state index in [0.717, 1.165) is 5.56 Å². The number of benzene rings is 1. The minimum absolute atomic E-state index is 0.0904. The Hall–Kier alpha value is -1.39. The molecule has 106 valence electrons. The normalized spacial score (nSPS) is 15.6. The molecule has 0 amide bonds. The number of aliphatic hydroxyl groups excluding tert-OH is 1. The number of hydrogen-bond acceptors (Lipinski definition) is 4. The molecule has 1 aromatic carbocycles. The maximum absolute atomic E-state index is 11.8. The van der Waals surface area contributed by atoms with E-state index < -0.39 is 11.6 Å². The monoisotopic (exact) mass is 265 g/mol. The number of nitrogens with one attached hydrogen (secondary N) is 1. The number of hydrogen-bond donors (Lipinski definition) is 2. The highest BCUT2D eigenvalue weighted by Gasteiger charge is 2.31. The fraction of sp³-hybridized carbons (Fsp3) is 0.533. The van der Waals surface area contributed by atoms with Crippen LogP contribution in [-0.4, -0.2) is 30.3 Å². The first-order chi connectivity index (χ1) is 9.07. The van der Waals surface area contributed by atoms with Crippen LogP contribution in [0.2, 0.25) is 0 Å². The molecule has 0 aliphatic rings. The van der Waals surface area contributed by atoms with E-state index in [1.807, 2.05) is 44.2 Å². The topological polar surface area (TPSA) is 58.6 Å². The number of ether oxygens (including phenoxy) is 1. The lowest BCUT2D eigenvalue weighted by molar-refractivity contribution is -0.146. The molecule has 1 rings (SSSR count). The van der Waals surface area contributed by atoms with Gasteiger partial charge in [-0.25, -0.2) is 0 Å². The van der Waals surface area contributed by atoms with Crippen LogP contribution in [0, 0.1) is 0 Å². The van der Waals surface area contributed by atoms with Crippen LogP contribution in [0.15, 0.2) is 30.3 Å². The van der Waals surface area contributed by atoms with Crippen molar-refractivity contribution in [3.05, 3.63) is 35.9 Å². The van der Waals surface area contributed by atoms with Gasteiger partial charge in [-0.2, -0.15) is 0 Å². The summed E-state index contributed by atoms with van der Waals surface area (Å²) in [5.41, 5.74) is 0.287. The zero-order valence-corrected chi connectivity index (χ0v) is 11.8. The summed E-state index contributed by atoms with van der Waals surface area (Å²) in [5.74, 6) is -0.277. The Morgan fingerprint density at radius 3 is 2.47 bits per heavy atom. The van der Waals surface area contributed by atoms with Crippen LogP contribution >= 0.6 is 0 Å².